The van der Waals surface area contributed by atoms with E-state index in [2.05, 4.69) is 10.2 Å². The number of halogens is 6. The van der Waals surface area contributed by atoms with Crippen molar-refractivity contribution in [3.63, 3.8) is 0 Å². The summed E-state index contributed by atoms with van der Waals surface area (Å²) in [6.07, 6.45) is 0. The highest BCUT2D eigenvalue weighted by molar-refractivity contribution is 7.98. The van der Waals surface area contributed by atoms with Crippen molar-refractivity contribution >= 4 is 11.8 Å². The molecule has 0 aliphatic heterocycles. The van der Waals surface area contributed by atoms with Crippen molar-refractivity contribution < 1.29 is 26.3 Å². The molecule has 0 spiro atoms. The Morgan fingerprint density at radius 3 is 1.92 bits per heavy atom. The standard InChI is InChI=1S/C16H9F6N3S/c1-25-15(7-2-4-8(17)5-3-7)23-24-16(25)26-6-9-10(18)12(20)14(22)13(21)11(9)19/h2-5H,6H2,1H3. The maximum absolute atomic E-state index is 13.7. The molecule has 136 valence electrons. The Labute approximate surface area is 147 Å². The van der Waals surface area contributed by atoms with Gasteiger partial charge in [-0.15, -0.1) is 10.2 Å². The SMILES string of the molecule is Cn1c(SCc2c(F)c(F)c(F)c(F)c2F)nnc1-c1ccc(F)cc1. The van der Waals surface area contributed by atoms with E-state index in [1.165, 1.54) is 28.8 Å². The van der Waals surface area contributed by atoms with Gasteiger partial charge in [-0.1, -0.05) is 11.8 Å². The first-order valence-electron chi connectivity index (χ1n) is 7.09. The molecule has 3 rings (SSSR count). The summed E-state index contributed by atoms with van der Waals surface area (Å²) in [7, 11) is 1.56. The summed E-state index contributed by atoms with van der Waals surface area (Å²) in [6, 6.07) is 5.40. The predicted molar refractivity (Wildman–Crippen MR) is 82.2 cm³/mol. The average Bonchev–Trinajstić information content (AvgIpc) is 3.00. The fourth-order valence-corrected chi connectivity index (χ4v) is 3.11. The number of nitrogens with zero attached hydrogens (tertiary/aromatic N) is 3. The quantitative estimate of drug-likeness (QED) is 0.283. The van der Waals surface area contributed by atoms with Gasteiger partial charge in [0.1, 0.15) is 5.82 Å². The van der Waals surface area contributed by atoms with E-state index in [-0.39, 0.29) is 5.16 Å². The molecule has 0 fully saturated rings. The predicted octanol–water partition coefficient (Wildman–Crippen LogP) is 4.61. The van der Waals surface area contributed by atoms with Crippen molar-refractivity contribution in [2.24, 2.45) is 7.05 Å². The second kappa shape index (κ2) is 7.02. The zero-order chi connectivity index (χ0) is 19.0. The molecule has 0 unspecified atom stereocenters. The molecule has 0 saturated heterocycles. The van der Waals surface area contributed by atoms with Gasteiger partial charge in [0.05, 0.1) is 0 Å². The Morgan fingerprint density at radius 2 is 1.35 bits per heavy atom. The monoisotopic (exact) mass is 389 g/mol. The number of thioether (sulfide) groups is 1. The number of hydrogen-bond acceptors (Lipinski definition) is 3. The summed E-state index contributed by atoms with van der Waals surface area (Å²) in [5.41, 5.74) is -0.401. The fourth-order valence-electron chi connectivity index (χ4n) is 2.20. The van der Waals surface area contributed by atoms with Gasteiger partial charge in [-0.05, 0) is 24.3 Å². The molecule has 0 bridgehead atoms. The molecule has 0 saturated carbocycles. The van der Waals surface area contributed by atoms with E-state index >= 15 is 0 Å². The lowest BCUT2D eigenvalue weighted by molar-refractivity contribution is 0.372. The summed E-state index contributed by atoms with van der Waals surface area (Å²) >= 11 is 0.750. The molecule has 3 aromatic rings. The number of aromatic nitrogens is 3. The highest BCUT2D eigenvalue weighted by Crippen LogP contribution is 2.30. The lowest BCUT2D eigenvalue weighted by atomic mass is 10.2. The zero-order valence-corrected chi connectivity index (χ0v) is 13.9. The number of benzene rings is 2. The van der Waals surface area contributed by atoms with Crippen molar-refractivity contribution in [1.82, 2.24) is 14.8 Å². The molecule has 1 aromatic heterocycles. The van der Waals surface area contributed by atoms with Crippen molar-refractivity contribution in [3.05, 3.63) is 64.7 Å². The van der Waals surface area contributed by atoms with E-state index in [9.17, 15) is 26.3 Å². The number of hydrogen-bond donors (Lipinski definition) is 0. The van der Waals surface area contributed by atoms with Gasteiger partial charge in [0, 0.05) is 23.9 Å². The molecule has 0 aliphatic carbocycles. The third kappa shape index (κ3) is 3.16. The molecule has 0 atom stereocenters. The maximum Gasteiger partial charge on any atom is 0.200 e. The Hall–Kier alpha value is -2.49. The molecular formula is C16H9F6N3S. The Balaban J connectivity index is 1.87. The lowest BCUT2D eigenvalue weighted by Crippen LogP contribution is -2.06. The lowest BCUT2D eigenvalue weighted by Gasteiger charge is -2.08. The van der Waals surface area contributed by atoms with Crippen molar-refractivity contribution in [3.8, 4) is 11.4 Å². The second-order valence-corrected chi connectivity index (χ2v) is 6.15. The van der Waals surface area contributed by atoms with Gasteiger partial charge in [0.2, 0.25) is 5.82 Å². The van der Waals surface area contributed by atoms with Crippen molar-refractivity contribution in [2.75, 3.05) is 0 Å². The van der Waals surface area contributed by atoms with E-state index in [1.807, 2.05) is 0 Å². The van der Waals surface area contributed by atoms with Crippen molar-refractivity contribution in [1.29, 1.82) is 0 Å². The summed E-state index contributed by atoms with van der Waals surface area (Å²) in [4.78, 5) is 0. The second-order valence-electron chi connectivity index (χ2n) is 5.21. The summed E-state index contributed by atoms with van der Waals surface area (Å²) in [6.45, 7) is 0. The van der Waals surface area contributed by atoms with Gasteiger partial charge in [-0.25, -0.2) is 26.3 Å². The number of rotatable bonds is 4. The smallest absolute Gasteiger partial charge is 0.200 e. The van der Waals surface area contributed by atoms with Gasteiger partial charge in [-0.2, -0.15) is 0 Å². The van der Waals surface area contributed by atoms with Crippen LogP contribution in [0.25, 0.3) is 11.4 Å². The van der Waals surface area contributed by atoms with E-state index < -0.39 is 46.2 Å². The Kier molecular flexibility index (Phi) is 4.94. The third-order valence-corrected chi connectivity index (χ3v) is 4.63. The molecule has 10 heteroatoms. The Bertz CT molecular complexity index is 942. The molecule has 0 aliphatic rings. The van der Waals surface area contributed by atoms with Gasteiger partial charge in [0.15, 0.2) is 34.2 Å². The molecule has 0 N–H and O–H groups in total. The Morgan fingerprint density at radius 1 is 0.808 bits per heavy atom. The minimum Gasteiger partial charge on any atom is -0.305 e. The van der Waals surface area contributed by atoms with Crippen LogP contribution >= 0.6 is 11.8 Å². The van der Waals surface area contributed by atoms with Gasteiger partial charge < -0.3 is 4.57 Å². The minimum absolute atomic E-state index is 0.188. The van der Waals surface area contributed by atoms with Crippen LogP contribution in [-0.4, -0.2) is 14.8 Å². The normalized spacial score (nSPS) is 11.2. The van der Waals surface area contributed by atoms with E-state index in [1.54, 1.807) is 7.05 Å². The summed E-state index contributed by atoms with van der Waals surface area (Å²) in [5, 5.41) is 7.91. The van der Waals surface area contributed by atoms with Crippen LogP contribution in [0.15, 0.2) is 29.4 Å². The minimum atomic E-state index is -2.20. The van der Waals surface area contributed by atoms with Crippen LogP contribution < -0.4 is 0 Å². The van der Waals surface area contributed by atoms with Crippen LogP contribution in [0.5, 0.6) is 0 Å². The fraction of sp³-hybridized carbons (Fsp3) is 0.125. The topological polar surface area (TPSA) is 30.7 Å². The first kappa shape index (κ1) is 18.3. The van der Waals surface area contributed by atoms with Crippen LogP contribution in [0, 0.1) is 34.9 Å². The molecule has 2 aromatic carbocycles. The largest absolute Gasteiger partial charge is 0.305 e. The van der Waals surface area contributed by atoms with E-state index in [4.69, 9.17) is 0 Å². The third-order valence-electron chi connectivity index (χ3n) is 3.58. The molecule has 3 nitrogen and oxygen atoms in total. The molecular weight excluding hydrogens is 380 g/mol. The highest BCUT2D eigenvalue weighted by atomic mass is 32.2. The van der Waals surface area contributed by atoms with Crippen LogP contribution in [0.1, 0.15) is 5.56 Å². The highest BCUT2D eigenvalue weighted by Gasteiger charge is 2.26. The van der Waals surface area contributed by atoms with Crippen LogP contribution in [0.2, 0.25) is 0 Å². The van der Waals surface area contributed by atoms with Gasteiger partial charge in [0.25, 0.3) is 0 Å². The van der Waals surface area contributed by atoms with Crippen molar-refractivity contribution in [2.45, 2.75) is 10.9 Å². The molecule has 0 radical (unpaired) electrons. The summed E-state index contributed by atoms with van der Waals surface area (Å²) in [5.74, 6) is -10.6. The molecule has 0 amide bonds. The van der Waals surface area contributed by atoms with Crippen LogP contribution in [0.4, 0.5) is 26.3 Å². The van der Waals surface area contributed by atoms with E-state index in [0.29, 0.717) is 11.4 Å². The van der Waals surface area contributed by atoms with Gasteiger partial charge >= 0.3 is 0 Å². The summed E-state index contributed by atoms with van der Waals surface area (Å²) < 4.78 is 81.4. The van der Waals surface area contributed by atoms with Crippen LogP contribution in [0.3, 0.4) is 0 Å². The molecule has 26 heavy (non-hydrogen) atoms. The van der Waals surface area contributed by atoms with Crippen LogP contribution in [-0.2, 0) is 12.8 Å². The first-order chi connectivity index (χ1) is 12.3. The zero-order valence-electron chi connectivity index (χ0n) is 13.0. The first-order valence-corrected chi connectivity index (χ1v) is 8.08. The molecule has 1 heterocycles. The van der Waals surface area contributed by atoms with E-state index in [0.717, 1.165) is 11.8 Å². The maximum atomic E-state index is 13.7. The average molecular weight is 389 g/mol. The van der Waals surface area contributed by atoms with Gasteiger partial charge in [-0.3, -0.25) is 0 Å².